The molecule has 0 saturated carbocycles. The molecule has 3 rings (SSSR count). The van der Waals surface area contributed by atoms with Crippen molar-refractivity contribution in [3.63, 3.8) is 0 Å². The topological polar surface area (TPSA) is 28.1 Å². The van der Waals surface area contributed by atoms with Crippen molar-refractivity contribution in [1.82, 2.24) is 0 Å². The minimum absolute atomic E-state index is 0.611. The van der Waals surface area contributed by atoms with Crippen molar-refractivity contribution in [2.24, 2.45) is 2.94 Å². The fourth-order valence-corrected chi connectivity index (χ4v) is 4.35. The molecule has 1 heterocycles. The van der Waals surface area contributed by atoms with Gasteiger partial charge in [-0.2, -0.15) is 0 Å². The molecule has 2 aromatic carbocycles. The molecule has 0 unspecified atom stereocenters. The molecule has 1 aliphatic heterocycles. The Bertz CT molecular complexity index is 780. The zero-order chi connectivity index (χ0) is 18.0. The number of hydrogen-bond donors (Lipinski definition) is 0. The van der Waals surface area contributed by atoms with Crippen LogP contribution in [0.3, 0.4) is 0 Å². The van der Waals surface area contributed by atoms with Gasteiger partial charge in [0.25, 0.3) is 0 Å². The summed E-state index contributed by atoms with van der Waals surface area (Å²) in [5.74, 6) is 1.04. The quantitative estimate of drug-likeness (QED) is 0.761. The van der Waals surface area contributed by atoms with E-state index in [2.05, 4.69) is 67.0 Å². The summed E-state index contributed by atoms with van der Waals surface area (Å²) in [5, 5.41) is 0. The third-order valence-electron chi connectivity index (χ3n) is 4.62. The van der Waals surface area contributed by atoms with E-state index in [0.717, 1.165) is 44.1 Å². The van der Waals surface area contributed by atoms with E-state index in [4.69, 9.17) is 7.67 Å². The molecule has 0 N–H and O–H groups in total. The summed E-state index contributed by atoms with van der Waals surface area (Å²) in [6.45, 7) is 9.02. The molecule has 0 bridgehead atoms. The van der Waals surface area contributed by atoms with Crippen LogP contribution in [-0.2, 0) is 36.4 Å². The fourth-order valence-electron chi connectivity index (χ4n) is 3.76. The summed E-state index contributed by atoms with van der Waals surface area (Å²) in [4.78, 5) is 4.68. The summed E-state index contributed by atoms with van der Waals surface area (Å²) in [7, 11) is 1.74. The summed E-state index contributed by atoms with van der Waals surface area (Å²) >= 11 is 1.16. The van der Waals surface area contributed by atoms with Gasteiger partial charge in [0.05, 0.1) is 0 Å². The maximum atomic E-state index is 5.39. The number of benzene rings is 2. The first kappa shape index (κ1) is 18.3. The van der Waals surface area contributed by atoms with E-state index in [1.54, 1.807) is 7.11 Å². The predicted octanol–water partition coefficient (Wildman–Crippen LogP) is 3.90. The Labute approximate surface area is 165 Å². The molecule has 1 fully saturated rings. The molecule has 0 amide bonds. The van der Waals surface area contributed by atoms with Crippen molar-refractivity contribution in [2.75, 3.05) is 30.0 Å². The van der Waals surface area contributed by atoms with Crippen LogP contribution in [0.25, 0.3) is 0 Å². The van der Waals surface area contributed by atoms with Crippen LogP contribution in [0.1, 0.15) is 22.3 Å². The standard InChI is InChI=1S/C20H24N3O.Zr/c1-14-11-15(2)19(16(3)12-14)23-10-9-22(20(23)21)18-8-6-5-7-17(18)13-24-4;/h5-8,11-12H,9-10,13H2,1-4H3;/q-1;+1. The molecule has 0 aliphatic carbocycles. The maximum absolute atomic E-state index is 5.39. The van der Waals surface area contributed by atoms with E-state index >= 15 is 0 Å². The molecule has 0 radical (unpaired) electrons. The van der Waals surface area contributed by atoms with Crippen molar-refractivity contribution >= 4 is 17.3 Å². The van der Waals surface area contributed by atoms with Crippen LogP contribution in [-0.4, -0.2) is 26.2 Å². The fraction of sp³-hybridized carbons (Fsp3) is 0.350. The van der Waals surface area contributed by atoms with Gasteiger partial charge in [0.1, 0.15) is 0 Å². The number of aryl methyl sites for hydroxylation is 3. The van der Waals surface area contributed by atoms with E-state index in [1.807, 2.05) is 0 Å². The Morgan fingerprint density at radius 1 is 1.04 bits per heavy atom. The van der Waals surface area contributed by atoms with Crippen LogP contribution in [0, 0.1) is 20.8 Å². The Balaban J connectivity index is 2.01. The number of methoxy groups -OCH3 is 1. The van der Waals surface area contributed by atoms with Gasteiger partial charge in [0, 0.05) is 0 Å². The SMILES string of the molecule is COCc1ccccc1N1CCN(c2c(C)cc(C)cc2C)C1=[N][Zr]. The van der Waals surface area contributed by atoms with Gasteiger partial charge >= 0.3 is 166 Å². The van der Waals surface area contributed by atoms with E-state index in [-0.39, 0.29) is 0 Å². The minimum atomic E-state index is 0.611. The van der Waals surface area contributed by atoms with Crippen LogP contribution in [0.5, 0.6) is 0 Å². The monoisotopic (exact) mass is 412 g/mol. The van der Waals surface area contributed by atoms with Gasteiger partial charge < -0.3 is 0 Å². The zero-order valence-corrected chi connectivity index (χ0v) is 17.8. The number of guanidine groups is 1. The van der Waals surface area contributed by atoms with Crippen LogP contribution >= 0.6 is 0 Å². The molecule has 0 spiro atoms. The predicted molar refractivity (Wildman–Crippen MR) is 99.9 cm³/mol. The Morgan fingerprint density at radius 3 is 2.32 bits per heavy atom. The third-order valence-corrected chi connectivity index (χ3v) is 5.11. The first-order chi connectivity index (χ1) is 12.1. The van der Waals surface area contributed by atoms with Crippen molar-refractivity contribution in [3.05, 3.63) is 58.7 Å². The molecule has 4 nitrogen and oxygen atoms in total. The molecular weight excluding hydrogens is 389 g/mol. The van der Waals surface area contributed by atoms with E-state index < -0.39 is 0 Å². The second-order valence-corrected chi connectivity index (χ2v) is 7.07. The first-order valence-electron chi connectivity index (χ1n) is 8.51. The summed E-state index contributed by atoms with van der Waals surface area (Å²) in [5.41, 5.74) is 7.60. The van der Waals surface area contributed by atoms with Gasteiger partial charge in [-0.1, -0.05) is 0 Å². The van der Waals surface area contributed by atoms with Crippen LogP contribution in [0.4, 0.5) is 11.4 Å². The second-order valence-electron chi connectivity index (χ2n) is 6.52. The summed E-state index contributed by atoms with van der Waals surface area (Å²) in [6.07, 6.45) is 0. The molecular formula is C20H24N3OZr. The third kappa shape index (κ3) is 3.58. The second kappa shape index (κ2) is 7.84. The van der Waals surface area contributed by atoms with Crippen LogP contribution in [0.2, 0.25) is 0 Å². The van der Waals surface area contributed by atoms with Crippen molar-refractivity contribution in [1.29, 1.82) is 0 Å². The van der Waals surface area contributed by atoms with Gasteiger partial charge in [-0.3, -0.25) is 0 Å². The average molecular weight is 414 g/mol. The van der Waals surface area contributed by atoms with Crippen molar-refractivity contribution in [3.8, 4) is 0 Å². The average Bonchev–Trinajstić information content (AvgIpc) is 2.98. The Kier molecular flexibility index (Phi) is 5.75. The van der Waals surface area contributed by atoms with E-state index in [0.29, 0.717) is 6.61 Å². The van der Waals surface area contributed by atoms with Gasteiger partial charge in [-0.05, 0) is 0 Å². The molecule has 129 valence electrons. The van der Waals surface area contributed by atoms with E-state index in [1.165, 1.54) is 33.6 Å². The van der Waals surface area contributed by atoms with Gasteiger partial charge in [0.15, 0.2) is 0 Å². The van der Waals surface area contributed by atoms with E-state index in [9.17, 15) is 0 Å². The normalized spacial score (nSPS) is 16.0. The Morgan fingerprint density at radius 2 is 1.68 bits per heavy atom. The number of ether oxygens (including phenoxy) is 1. The number of nitrogens with zero attached hydrogens (tertiary/aromatic N) is 3. The van der Waals surface area contributed by atoms with Crippen molar-refractivity contribution in [2.45, 2.75) is 27.4 Å². The summed E-state index contributed by atoms with van der Waals surface area (Å²) in [6, 6.07) is 12.9. The molecule has 25 heavy (non-hydrogen) atoms. The first-order valence-corrected chi connectivity index (χ1v) is 9.61. The van der Waals surface area contributed by atoms with Crippen molar-refractivity contribution < 1.29 is 29.7 Å². The number of rotatable bonds is 4. The molecule has 0 aromatic heterocycles. The van der Waals surface area contributed by atoms with Gasteiger partial charge in [-0.25, -0.2) is 0 Å². The number of hydrogen-bond acceptors (Lipinski definition) is 2. The zero-order valence-electron chi connectivity index (χ0n) is 15.3. The molecule has 0 atom stereocenters. The molecule has 1 saturated heterocycles. The number of para-hydroxylation sites is 1. The number of anilines is 2. The van der Waals surface area contributed by atoms with Crippen LogP contribution in [0.15, 0.2) is 39.3 Å². The summed E-state index contributed by atoms with van der Waals surface area (Å²) < 4.78 is 10.1. The Hall–Kier alpha value is -1.45. The molecule has 5 heteroatoms. The molecule has 1 aliphatic rings. The van der Waals surface area contributed by atoms with Gasteiger partial charge in [-0.15, -0.1) is 0 Å². The van der Waals surface area contributed by atoms with Crippen LogP contribution < -0.4 is 9.80 Å². The van der Waals surface area contributed by atoms with Gasteiger partial charge in [0.2, 0.25) is 0 Å². The molecule has 2 aromatic rings.